The van der Waals surface area contributed by atoms with Crippen LogP contribution in [0.3, 0.4) is 0 Å². The van der Waals surface area contributed by atoms with E-state index in [1.54, 1.807) is 38.3 Å². The van der Waals surface area contributed by atoms with E-state index in [-0.39, 0.29) is 18.2 Å². The summed E-state index contributed by atoms with van der Waals surface area (Å²) in [5.74, 6) is -0.0852. The van der Waals surface area contributed by atoms with Gasteiger partial charge < -0.3 is 20.7 Å². The fourth-order valence-corrected chi connectivity index (χ4v) is 7.10. The molecule has 1 aliphatic heterocycles. The number of nitrogens with one attached hydrogen (secondary N) is 3. The average Bonchev–Trinajstić information content (AvgIpc) is 3.39. The van der Waals surface area contributed by atoms with Crippen LogP contribution in [0.15, 0.2) is 24.3 Å². The maximum Gasteiger partial charge on any atom is 0.289 e. The largest absolute Gasteiger partial charge is 0.497 e. The van der Waals surface area contributed by atoms with Crippen molar-refractivity contribution in [3.8, 4) is 5.75 Å². The van der Waals surface area contributed by atoms with Crippen LogP contribution in [-0.2, 0) is 25.6 Å². The van der Waals surface area contributed by atoms with E-state index in [0.717, 1.165) is 24.8 Å². The molecular formula is C27H41N3O5S2. The van der Waals surface area contributed by atoms with Gasteiger partial charge in [0.15, 0.2) is 0 Å². The molecule has 3 amide bonds. The third-order valence-electron chi connectivity index (χ3n) is 6.06. The molecule has 206 valence electrons. The third-order valence-corrected chi connectivity index (χ3v) is 9.07. The summed E-state index contributed by atoms with van der Waals surface area (Å²) in [6.07, 6.45) is 5.03. The summed E-state index contributed by atoms with van der Waals surface area (Å²) in [6, 6.07) is 5.27. The standard InChI is InChI=1S/C27H41N3O5S2/c1-5-28-27(34)25(32)22(17-19-10-12-20(35-4)13-11-19)30-26(33)23(16-18(2)3)29-24(31)9-7-6-8-21-14-15-36-37-21/h10-13,18,21-23H,5-9,14-17H2,1-4H3,(H,28,34)(H,29,31)(H,30,33)/t21?,22-,23-/m0/s1. The highest BCUT2D eigenvalue weighted by Crippen LogP contribution is 2.39. The Morgan fingerprint density at radius 1 is 1.05 bits per heavy atom. The second kappa shape index (κ2) is 16.6. The minimum Gasteiger partial charge on any atom is -0.497 e. The first kappa shape index (κ1) is 31.0. The van der Waals surface area contributed by atoms with Gasteiger partial charge in [0.25, 0.3) is 5.91 Å². The van der Waals surface area contributed by atoms with E-state index < -0.39 is 29.7 Å². The van der Waals surface area contributed by atoms with Crippen molar-refractivity contribution in [2.75, 3.05) is 19.4 Å². The fourth-order valence-electron chi connectivity index (χ4n) is 4.08. The minimum absolute atomic E-state index is 0.144. The molecule has 0 bridgehead atoms. The van der Waals surface area contributed by atoms with Crippen molar-refractivity contribution in [3.05, 3.63) is 29.8 Å². The Bertz CT molecular complexity index is 889. The second-order valence-corrected chi connectivity index (χ2v) is 12.4. The quantitative estimate of drug-likeness (QED) is 0.163. The highest BCUT2D eigenvalue weighted by Gasteiger charge is 2.30. The molecule has 0 aromatic heterocycles. The number of ether oxygens (including phenoxy) is 1. The molecule has 1 unspecified atom stereocenters. The van der Waals surface area contributed by atoms with Gasteiger partial charge in [-0.05, 0) is 56.2 Å². The van der Waals surface area contributed by atoms with Crippen LogP contribution < -0.4 is 20.7 Å². The molecule has 1 aromatic rings. The Labute approximate surface area is 228 Å². The molecule has 0 aliphatic carbocycles. The van der Waals surface area contributed by atoms with Gasteiger partial charge in [-0.25, -0.2) is 0 Å². The number of methoxy groups -OCH3 is 1. The zero-order valence-corrected chi connectivity index (χ0v) is 24.0. The predicted octanol–water partition coefficient (Wildman–Crippen LogP) is 3.67. The van der Waals surface area contributed by atoms with E-state index in [1.807, 2.05) is 35.4 Å². The molecule has 0 spiro atoms. The Morgan fingerprint density at radius 3 is 2.38 bits per heavy atom. The van der Waals surface area contributed by atoms with Crippen LogP contribution in [0, 0.1) is 5.92 Å². The monoisotopic (exact) mass is 551 g/mol. The van der Waals surface area contributed by atoms with E-state index in [2.05, 4.69) is 16.0 Å². The molecule has 1 aromatic carbocycles. The van der Waals surface area contributed by atoms with E-state index in [4.69, 9.17) is 4.74 Å². The van der Waals surface area contributed by atoms with Crippen molar-refractivity contribution in [2.24, 2.45) is 5.92 Å². The number of ketones is 1. The lowest BCUT2D eigenvalue weighted by molar-refractivity contribution is -0.140. The van der Waals surface area contributed by atoms with Crippen LogP contribution in [0.5, 0.6) is 5.75 Å². The summed E-state index contributed by atoms with van der Waals surface area (Å²) in [7, 11) is 5.42. The molecular weight excluding hydrogens is 510 g/mol. The normalized spacial score (nSPS) is 16.6. The summed E-state index contributed by atoms with van der Waals surface area (Å²) < 4.78 is 5.18. The molecule has 10 heteroatoms. The van der Waals surface area contributed by atoms with Gasteiger partial charge in [-0.15, -0.1) is 0 Å². The molecule has 3 atom stereocenters. The summed E-state index contributed by atoms with van der Waals surface area (Å²) in [6.45, 7) is 5.97. The molecule has 0 radical (unpaired) electrons. The molecule has 8 nitrogen and oxygen atoms in total. The van der Waals surface area contributed by atoms with Gasteiger partial charge in [-0.3, -0.25) is 19.2 Å². The lowest BCUT2D eigenvalue weighted by Crippen LogP contribution is -2.54. The summed E-state index contributed by atoms with van der Waals surface area (Å²) in [4.78, 5) is 51.1. The summed E-state index contributed by atoms with van der Waals surface area (Å²) in [5.41, 5.74) is 0.770. The highest BCUT2D eigenvalue weighted by atomic mass is 33.1. The van der Waals surface area contributed by atoms with E-state index in [9.17, 15) is 19.2 Å². The Balaban J connectivity index is 2.02. The van der Waals surface area contributed by atoms with E-state index in [0.29, 0.717) is 30.4 Å². The van der Waals surface area contributed by atoms with Crippen molar-refractivity contribution in [1.29, 1.82) is 0 Å². The Hall–Kier alpha value is -2.20. The first-order valence-corrected chi connectivity index (χ1v) is 15.4. The van der Waals surface area contributed by atoms with Crippen molar-refractivity contribution in [2.45, 2.75) is 83.1 Å². The number of rotatable bonds is 16. The molecule has 1 saturated heterocycles. The van der Waals surface area contributed by atoms with Crippen LogP contribution in [0.2, 0.25) is 0 Å². The van der Waals surface area contributed by atoms with Crippen LogP contribution in [0.4, 0.5) is 0 Å². The van der Waals surface area contributed by atoms with Gasteiger partial charge in [-0.2, -0.15) is 0 Å². The lowest BCUT2D eigenvalue weighted by Gasteiger charge is -2.24. The molecule has 1 heterocycles. The van der Waals surface area contributed by atoms with Crippen molar-refractivity contribution in [1.82, 2.24) is 16.0 Å². The number of Topliss-reactive ketones (excluding diaryl/α,β-unsaturated/α-hetero) is 1. The number of hydrogen-bond acceptors (Lipinski definition) is 7. The van der Waals surface area contributed by atoms with Gasteiger partial charge in [0.2, 0.25) is 17.6 Å². The first-order chi connectivity index (χ1) is 17.7. The van der Waals surface area contributed by atoms with Gasteiger partial charge in [0.05, 0.1) is 7.11 Å². The number of unbranched alkanes of at least 4 members (excludes halogenated alkanes) is 1. The topological polar surface area (TPSA) is 114 Å². The summed E-state index contributed by atoms with van der Waals surface area (Å²) in [5, 5.41) is 8.81. The number of carbonyl (C=O) groups excluding carboxylic acids is 4. The van der Waals surface area contributed by atoms with Crippen molar-refractivity contribution in [3.63, 3.8) is 0 Å². The molecule has 1 fully saturated rings. The summed E-state index contributed by atoms with van der Waals surface area (Å²) >= 11 is 0. The number of likely N-dealkylation sites (N-methyl/N-ethyl adjacent to an activating group) is 1. The van der Waals surface area contributed by atoms with Crippen LogP contribution in [0.1, 0.15) is 64.9 Å². The fraction of sp³-hybridized carbons (Fsp3) is 0.630. The van der Waals surface area contributed by atoms with Crippen LogP contribution in [-0.4, -0.2) is 60.2 Å². The smallest absolute Gasteiger partial charge is 0.289 e. The lowest BCUT2D eigenvalue weighted by atomic mass is 9.99. The Kier molecular flexibility index (Phi) is 13.9. The van der Waals surface area contributed by atoms with Crippen LogP contribution >= 0.6 is 21.6 Å². The van der Waals surface area contributed by atoms with Gasteiger partial charge in [0.1, 0.15) is 17.8 Å². The van der Waals surface area contributed by atoms with Gasteiger partial charge >= 0.3 is 0 Å². The molecule has 2 rings (SSSR count). The SMILES string of the molecule is CCNC(=O)C(=O)[C@H](Cc1ccc(OC)cc1)NC(=O)[C@H](CC(C)C)NC(=O)CCCCC1CCSS1. The predicted molar refractivity (Wildman–Crippen MR) is 151 cm³/mol. The maximum atomic E-state index is 13.3. The van der Waals surface area contributed by atoms with Gasteiger partial charge in [0, 0.05) is 30.4 Å². The van der Waals surface area contributed by atoms with E-state index >= 15 is 0 Å². The average molecular weight is 552 g/mol. The second-order valence-electron chi connectivity index (χ2n) is 9.66. The molecule has 3 N–H and O–H groups in total. The van der Waals surface area contributed by atoms with E-state index in [1.165, 1.54) is 12.2 Å². The minimum atomic E-state index is -1.05. The van der Waals surface area contributed by atoms with Crippen LogP contribution in [0.25, 0.3) is 0 Å². The zero-order chi connectivity index (χ0) is 27.2. The number of carbonyl (C=O) groups is 4. The first-order valence-electron chi connectivity index (χ1n) is 13.1. The van der Waals surface area contributed by atoms with Crippen molar-refractivity contribution >= 4 is 45.1 Å². The number of amides is 3. The number of hydrogen-bond donors (Lipinski definition) is 3. The molecule has 37 heavy (non-hydrogen) atoms. The Morgan fingerprint density at radius 2 is 1.78 bits per heavy atom. The highest BCUT2D eigenvalue weighted by molar-refractivity contribution is 8.77. The third kappa shape index (κ3) is 11.4. The molecule has 1 aliphatic rings. The van der Waals surface area contributed by atoms with Gasteiger partial charge in [-0.1, -0.05) is 54.0 Å². The number of benzene rings is 1. The van der Waals surface area contributed by atoms with Crippen molar-refractivity contribution < 1.29 is 23.9 Å². The molecule has 0 saturated carbocycles. The zero-order valence-electron chi connectivity index (χ0n) is 22.3. The maximum absolute atomic E-state index is 13.3.